The van der Waals surface area contributed by atoms with Gasteiger partial charge in [0.25, 0.3) is 0 Å². The average Bonchev–Trinajstić information content (AvgIpc) is 2.72. The predicted octanol–water partition coefficient (Wildman–Crippen LogP) is 2.33. The summed E-state index contributed by atoms with van der Waals surface area (Å²) in [6.07, 6.45) is 5.32. The topological polar surface area (TPSA) is 67.3 Å². The van der Waals surface area contributed by atoms with E-state index in [1.165, 1.54) is 0 Å². The third-order valence-corrected chi connectivity index (χ3v) is 3.29. The molecule has 0 saturated heterocycles. The molecular weight excluding hydrogens is 329 g/mol. The molecule has 0 amide bonds. The minimum absolute atomic E-state index is 0.757. The van der Waals surface area contributed by atoms with Crippen molar-refractivity contribution in [2.75, 3.05) is 0 Å². The van der Waals surface area contributed by atoms with Gasteiger partial charge in [0.1, 0.15) is 15.0 Å². The van der Waals surface area contributed by atoms with Crippen molar-refractivity contribution in [3.05, 3.63) is 34.2 Å². The van der Waals surface area contributed by atoms with E-state index in [1.807, 2.05) is 13.0 Å². The molecule has 5 nitrogen and oxygen atoms in total. The summed E-state index contributed by atoms with van der Waals surface area (Å²) < 4.78 is 1.01. The van der Waals surface area contributed by atoms with Gasteiger partial charge >= 0.3 is 0 Å². The van der Waals surface area contributed by atoms with Crippen molar-refractivity contribution in [1.29, 1.82) is 0 Å². The van der Waals surface area contributed by atoms with E-state index < -0.39 is 0 Å². The first-order chi connectivity index (χ1) is 8.24. The molecule has 0 bridgehead atoms. The molecule has 0 aliphatic heterocycles. The largest absolute Gasteiger partial charge is 0.271 e. The molecule has 1 N–H and O–H groups in total. The van der Waals surface area contributed by atoms with Crippen LogP contribution in [0.2, 0.25) is 0 Å². The van der Waals surface area contributed by atoms with Gasteiger partial charge in [-0.3, -0.25) is 10.1 Å². The van der Waals surface area contributed by atoms with Crippen molar-refractivity contribution in [3.63, 3.8) is 0 Å². The number of rotatable bonds is 1. The van der Waals surface area contributed by atoms with Crippen LogP contribution in [0.25, 0.3) is 22.2 Å². The molecular formula is C11H8IN5. The number of pyridine rings is 1. The molecule has 0 saturated carbocycles. The zero-order valence-corrected chi connectivity index (χ0v) is 11.1. The van der Waals surface area contributed by atoms with Crippen LogP contribution in [0.5, 0.6) is 0 Å². The van der Waals surface area contributed by atoms with Gasteiger partial charge in [0.05, 0.1) is 11.9 Å². The zero-order chi connectivity index (χ0) is 11.8. The number of aromatic nitrogens is 5. The Morgan fingerprint density at radius 2 is 1.88 bits per heavy atom. The quantitative estimate of drug-likeness (QED) is 0.692. The van der Waals surface area contributed by atoms with Crippen LogP contribution >= 0.6 is 22.6 Å². The number of hydrogen-bond donors (Lipinski definition) is 1. The Balaban J connectivity index is 2.17. The number of H-pyrrole nitrogens is 1. The molecule has 0 aromatic carbocycles. The van der Waals surface area contributed by atoms with Gasteiger partial charge in [0.15, 0.2) is 0 Å². The summed E-state index contributed by atoms with van der Waals surface area (Å²) in [4.78, 5) is 12.7. The second-order valence-corrected chi connectivity index (χ2v) is 4.72. The van der Waals surface area contributed by atoms with Gasteiger partial charge in [-0.15, -0.1) is 0 Å². The van der Waals surface area contributed by atoms with Gasteiger partial charge in [0, 0.05) is 23.3 Å². The molecule has 0 radical (unpaired) electrons. The molecule has 0 spiro atoms. The van der Waals surface area contributed by atoms with E-state index in [1.54, 1.807) is 18.6 Å². The molecule has 0 unspecified atom stereocenters. The van der Waals surface area contributed by atoms with E-state index in [4.69, 9.17) is 0 Å². The summed E-state index contributed by atoms with van der Waals surface area (Å²) in [6.45, 7) is 1.86. The van der Waals surface area contributed by atoms with Crippen molar-refractivity contribution >= 4 is 33.5 Å². The first kappa shape index (κ1) is 10.6. The minimum Gasteiger partial charge on any atom is -0.271 e. The van der Waals surface area contributed by atoms with E-state index in [-0.39, 0.29) is 0 Å². The van der Waals surface area contributed by atoms with Gasteiger partial charge < -0.3 is 0 Å². The first-order valence-electron chi connectivity index (χ1n) is 5.02. The van der Waals surface area contributed by atoms with Crippen molar-refractivity contribution in [2.45, 2.75) is 6.92 Å². The second kappa shape index (κ2) is 4.02. The van der Waals surface area contributed by atoms with E-state index in [9.17, 15) is 0 Å². The van der Waals surface area contributed by atoms with Gasteiger partial charge in [-0.1, -0.05) is 0 Å². The molecule has 0 atom stereocenters. The molecule has 84 valence electrons. The van der Waals surface area contributed by atoms with Crippen molar-refractivity contribution in [2.24, 2.45) is 0 Å². The average molecular weight is 337 g/mol. The normalized spacial score (nSPS) is 10.9. The van der Waals surface area contributed by atoms with Crippen LogP contribution in [-0.2, 0) is 0 Å². The number of nitrogens with zero attached hydrogens (tertiary/aromatic N) is 4. The van der Waals surface area contributed by atoms with Crippen LogP contribution in [0.15, 0.2) is 24.7 Å². The lowest BCUT2D eigenvalue weighted by Crippen LogP contribution is -1.89. The summed E-state index contributed by atoms with van der Waals surface area (Å²) in [6, 6.07) is 1.99. The third-order valence-electron chi connectivity index (χ3n) is 2.47. The second-order valence-electron chi connectivity index (χ2n) is 3.64. The number of fused-ring (bicyclic) bond motifs is 1. The fourth-order valence-electron chi connectivity index (χ4n) is 1.57. The standard InChI is InChI=1S/C11H8IN5/c1-6-13-3-7(4-14-6)9-2-8-10(5-15-9)16-17-11(8)12/h2-5H,1H3,(H,16,17). The number of aromatic amines is 1. The summed E-state index contributed by atoms with van der Waals surface area (Å²) in [5.41, 5.74) is 2.64. The highest BCUT2D eigenvalue weighted by atomic mass is 127. The number of nitrogens with one attached hydrogen (secondary N) is 1. The molecule has 0 aliphatic rings. The van der Waals surface area contributed by atoms with Gasteiger partial charge in [0.2, 0.25) is 0 Å². The molecule has 0 aliphatic carbocycles. The van der Waals surface area contributed by atoms with Crippen molar-refractivity contribution in [3.8, 4) is 11.3 Å². The lowest BCUT2D eigenvalue weighted by molar-refractivity contribution is 1.05. The van der Waals surface area contributed by atoms with Gasteiger partial charge in [-0.25, -0.2) is 9.97 Å². The lowest BCUT2D eigenvalue weighted by Gasteiger charge is -2.00. The Hall–Kier alpha value is -1.57. The van der Waals surface area contributed by atoms with Crippen molar-refractivity contribution < 1.29 is 0 Å². The molecule has 17 heavy (non-hydrogen) atoms. The summed E-state index contributed by atoms with van der Waals surface area (Å²) >= 11 is 2.22. The van der Waals surface area contributed by atoms with E-state index >= 15 is 0 Å². The highest BCUT2D eigenvalue weighted by molar-refractivity contribution is 14.1. The van der Waals surface area contributed by atoms with Gasteiger partial charge in [-0.2, -0.15) is 5.10 Å². The first-order valence-corrected chi connectivity index (χ1v) is 6.10. The van der Waals surface area contributed by atoms with Crippen LogP contribution in [0.1, 0.15) is 5.82 Å². The number of hydrogen-bond acceptors (Lipinski definition) is 4. The summed E-state index contributed by atoms with van der Waals surface area (Å²) in [5.74, 6) is 0.757. The van der Waals surface area contributed by atoms with Crippen LogP contribution in [0, 0.1) is 10.6 Å². The SMILES string of the molecule is Cc1ncc(-c2cc3c(I)[nH]nc3cn2)cn1. The van der Waals surface area contributed by atoms with Gasteiger partial charge in [-0.05, 0) is 35.6 Å². The number of aryl methyl sites for hydroxylation is 1. The van der Waals surface area contributed by atoms with E-state index in [0.29, 0.717) is 0 Å². The lowest BCUT2D eigenvalue weighted by atomic mass is 10.2. The molecule has 3 heterocycles. The molecule has 0 fully saturated rings. The molecule has 3 rings (SSSR count). The van der Waals surface area contributed by atoms with Crippen LogP contribution in [-0.4, -0.2) is 25.1 Å². The Morgan fingerprint density at radius 3 is 2.65 bits per heavy atom. The maximum Gasteiger partial charge on any atom is 0.125 e. The minimum atomic E-state index is 0.757. The molecule has 3 aromatic rings. The molecule has 3 aromatic heterocycles. The third kappa shape index (κ3) is 1.88. The highest BCUT2D eigenvalue weighted by Gasteiger charge is 2.06. The van der Waals surface area contributed by atoms with Crippen LogP contribution in [0.3, 0.4) is 0 Å². The fourth-order valence-corrected chi connectivity index (χ4v) is 2.12. The zero-order valence-electron chi connectivity index (χ0n) is 8.98. The number of halogens is 1. The van der Waals surface area contributed by atoms with E-state index in [2.05, 4.69) is 47.7 Å². The Morgan fingerprint density at radius 1 is 1.12 bits per heavy atom. The molecule has 6 heteroatoms. The highest BCUT2D eigenvalue weighted by Crippen LogP contribution is 2.22. The van der Waals surface area contributed by atoms with Crippen molar-refractivity contribution in [1.82, 2.24) is 25.1 Å². The van der Waals surface area contributed by atoms with Crippen LogP contribution in [0.4, 0.5) is 0 Å². The predicted molar refractivity (Wildman–Crippen MR) is 72.4 cm³/mol. The maximum absolute atomic E-state index is 4.35. The Labute approximate surface area is 111 Å². The Kier molecular flexibility index (Phi) is 2.50. The fraction of sp³-hybridized carbons (Fsp3) is 0.0909. The van der Waals surface area contributed by atoms with E-state index in [0.717, 1.165) is 31.7 Å². The Bertz CT molecular complexity index is 674. The smallest absolute Gasteiger partial charge is 0.125 e. The van der Waals surface area contributed by atoms with Crippen LogP contribution < -0.4 is 0 Å². The summed E-state index contributed by atoms with van der Waals surface area (Å²) in [5, 5.41) is 8.14. The monoisotopic (exact) mass is 337 g/mol. The summed E-state index contributed by atoms with van der Waals surface area (Å²) in [7, 11) is 0. The maximum atomic E-state index is 4.35.